The van der Waals surface area contributed by atoms with Crippen molar-refractivity contribution < 1.29 is 53.8 Å². The summed E-state index contributed by atoms with van der Waals surface area (Å²) in [6.45, 7) is 1.18. The van der Waals surface area contributed by atoms with E-state index >= 15 is 8.78 Å². The van der Waals surface area contributed by atoms with Gasteiger partial charge in [0.1, 0.15) is 29.5 Å². The van der Waals surface area contributed by atoms with Crippen LogP contribution in [0, 0.1) is 35.3 Å². The molecule has 0 bridgehead atoms. The van der Waals surface area contributed by atoms with Crippen molar-refractivity contribution in [2.24, 2.45) is 23.9 Å². The van der Waals surface area contributed by atoms with E-state index in [0.29, 0.717) is 27.4 Å². The molecule has 0 saturated carbocycles. The normalized spacial score (nSPS) is 22.0. The van der Waals surface area contributed by atoms with Crippen LogP contribution in [0.25, 0.3) is 16.5 Å². The second kappa shape index (κ2) is 15.5. The number of rotatable bonds is 9. The molecule has 4 heterocycles. The monoisotopic (exact) mass is 907 g/mol. The summed E-state index contributed by atoms with van der Waals surface area (Å²) in [6.07, 6.45) is -1.70. The highest BCUT2D eigenvalue weighted by atomic mass is 35.5. The highest BCUT2D eigenvalue weighted by Crippen LogP contribution is 2.60. The summed E-state index contributed by atoms with van der Waals surface area (Å²) in [5, 5.41) is 22.0. The highest BCUT2D eigenvalue weighted by Gasteiger charge is 2.61. The topological polar surface area (TPSA) is 153 Å². The van der Waals surface area contributed by atoms with E-state index in [-0.39, 0.29) is 65.7 Å². The first-order valence-electron chi connectivity index (χ1n) is 19.3. The molecule has 2 aliphatic heterocycles. The third-order valence-electron chi connectivity index (χ3n) is 11.4. The van der Waals surface area contributed by atoms with Crippen LogP contribution in [0.1, 0.15) is 60.2 Å². The first-order valence-corrected chi connectivity index (χ1v) is 21.6. The number of aliphatic hydroxyl groups is 1. The number of anilines is 1. The number of allylic oxidation sites excluding steroid dienone is 3. The minimum Gasteiger partial charge on any atom is -0.381 e. The van der Waals surface area contributed by atoms with Crippen LogP contribution >= 0.6 is 11.6 Å². The number of fused-ring (bicyclic) bond motifs is 4. The molecule has 2 aromatic carbocycles. The smallest absolute Gasteiger partial charge is 0.381 e. The lowest BCUT2D eigenvalue weighted by Crippen LogP contribution is -2.41. The summed E-state index contributed by atoms with van der Waals surface area (Å²) in [6, 6.07) is 4.34. The van der Waals surface area contributed by atoms with Crippen LogP contribution in [0.3, 0.4) is 0 Å². The van der Waals surface area contributed by atoms with Gasteiger partial charge >= 0.3 is 6.18 Å². The Morgan fingerprint density at radius 2 is 1.81 bits per heavy atom. The van der Waals surface area contributed by atoms with E-state index in [4.69, 9.17) is 21.3 Å². The van der Waals surface area contributed by atoms with Gasteiger partial charge in [-0.2, -0.15) is 32.1 Å². The molecule has 328 valence electrons. The Hall–Kier alpha value is -5.23. The predicted molar refractivity (Wildman–Crippen MR) is 214 cm³/mol. The number of carbonyl (C=O) groups is 1. The summed E-state index contributed by atoms with van der Waals surface area (Å²) in [7, 11) is -2.34. The first-order chi connectivity index (χ1) is 29.0. The van der Waals surface area contributed by atoms with Crippen molar-refractivity contribution in [3.05, 3.63) is 92.9 Å². The number of alkyl halides is 5. The number of aryl methyl sites for hydroxylation is 1. The maximum Gasteiger partial charge on any atom is 0.435 e. The van der Waals surface area contributed by atoms with Gasteiger partial charge in [0.15, 0.2) is 11.5 Å². The minimum absolute atomic E-state index is 0.00664. The zero-order chi connectivity index (χ0) is 44.7. The van der Waals surface area contributed by atoms with E-state index in [0.717, 1.165) is 24.5 Å². The SMILES string of the molecule is CC1CC(C#CC2(O)CCOCC2)=NC([C@H](Cc2cc(F)cc(F)c2)NC(=O)Cn2nc(C(F)(F)F)c3c2C(F)(F)[C@@H]2C=C[C@H]32)=C1c1ccc(Cl)c2c(NS(C)(=O)=O)nn(C)c12. The van der Waals surface area contributed by atoms with Gasteiger partial charge in [-0.1, -0.05) is 42.7 Å². The molecule has 0 radical (unpaired) electrons. The van der Waals surface area contributed by atoms with Gasteiger partial charge in [-0.05, 0) is 47.6 Å². The molecule has 4 aromatic rings. The quantitative estimate of drug-likeness (QED) is 0.0969. The zero-order valence-electron chi connectivity index (χ0n) is 33.0. The number of halogens is 8. The molecule has 12 nitrogen and oxygen atoms in total. The van der Waals surface area contributed by atoms with E-state index in [1.54, 1.807) is 13.0 Å². The Labute approximate surface area is 354 Å². The largest absolute Gasteiger partial charge is 0.435 e. The number of carbonyl (C=O) groups excluding carboxylic acids is 1. The predicted octanol–water partition coefficient (Wildman–Crippen LogP) is 6.63. The van der Waals surface area contributed by atoms with E-state index in [2.05, 4.69) is 32.1 Å². The number of benzene rings is 2. The van der Waals surface area contributed by atoms with Crippen LogP contribution < -0.4 is 10.0 Å². The molecule has 2 aromatic heterocycles. The van der Waals surface area contributed by atoms with Crippen molar-refractivity contribution >= 4 is 55.5 Å². The summed E-state index contributed by atoms with van der Waals surface area (Å²) in [5.74, 6) is -4.46. The average molecular weight is 908 g/mol. The van der Waals surface area contributed by atoms with Crippen LogP contribution in [0.2, 0.25) is 5.02 Å². The van der Waals surface area contributed by atoms with Gasteiger partial charge in [0.25, 0.3) is 5.92 Å². The fourth-order valence-electron chi connectivity index (χ4n) is 8.65. The minimum atomic E-state index is -5.13. The molecule has 1 saturated heterocycles. The fraction of sp³-hybridized carbons (Fsp3) is 0.415. The number of sulfonamides is 1. The summed E-state index contributed by atoms with van der Waals surface area (Å²) in [4.78, 5) is 19.0. The van der Waals surface area contributed by atoms with E-state index in [9.17, 15) is 40.3 Å². The third kappa shape index (κ3) is 8.11. The van der Waals surface area contributed by atoms with Crippen LogP contribution in [0.4, 0.5) is 36.6 Å². The van der Waals surface area contributed by atoms with Gasteiger partial charge in [0.2, 0.25) is 15.9 Å². The summed E-state index contributed by atoms with van der Waals surface area (Å²) >= 11 is 6.65. The molecule has 4 atom stereocenters. The lowest BCUT2D eigenvalue weighted by atomic mass is 9.81. The fourth-order valence-corrected chi connectivity index (χ4v) is 9.38. The number of hydrogen-bond acceptors (Lipinski definition) is 8. The molecule has 0 spiro atoms. The molecule has 1 amide bonds. The van der Waals surface area contributed by atoms with Crippen molar-refractivity contribution in [3.8, 4) is 11.8 Å². The van der Waals surface area contributed by atoms with Gasteiger partial charge in [0.05, 0.1) is 58.8 Å². The van der Waals surface area contributed by atoms with Crippen molar-refractivity contribution in [2.75, 3.05) is 24.2 Å². The lowest BCUT2D eigenvalue weighted by Gasteiger charge is -2.30. The van der Waals surface area contributed by atoms with Gasteiger partial charge < -0.3 is 15.2 Å². The van der Waals surface area contributed by atoms with Crippen LogP contribution in [-0.2, 0) is 51.7 Å². The summed E-state index contributed by atoms with van der Waals surface area (Å²) in [5.41, 5.74) is -3.36. The maximum absolute atomic E-state index is 15.7. The van der Waals surface area contributed by atoms with Gasteiger partial charge in [-0.3, -0.25) is 18.9 Å². The number of aliphatic imine (C=N–C) groups is 1. The Bertz CT molecular complexity index is 2780. The van der Waals surface area contributed by atoms with E-state index in [1.807, 2.05) is 0 Å². The number of hydrogen-bond donors (Lipinski definition) is 3. The van der Waals surface area contributed by atoms with Gasteiger partial charge in [0, 0.05) is 49.4 Å². The molecule has 3 N–H and O–H groups in total. The molecule has 4 aliphatic rings. The second-order valence-corrected chi connectivity index (χ2v) is 18.1. The van der Waals surface area contributed by atoms with Gasteiger partial charge in [-0.15, -0.1) is 0 Å². The highest BCUT2D eigenvalue weighted by molar-refractivity contribution is 7.92. The van der Waals surface area contributed by atoms with Crippen molar-refractivity contribution in [1.82, 2.24) is 24.9 Å². The first kappa shape index (κ1) is 43.4. The van der Waals surface area contributed by atoms with Crippen LogP contribution in [-0.4, -0.2) is 75.8 Å². The molecule has 2 aliphatic carbocycles. The van der Waals surface area contributed by atoms with Crippen LogP contribution in [0.15, 0.2) is 53.2 Å². The molecule has 8 rings (SSSR count). The molecular weight excluding hydrogens is 871 g/mol. The Balaban J connectivity index is 1.30. The van der Waals surface area contributed by atoms with Crippen molar-refractivity contribution in [2.45, 2.75) is 68.8 Å². The summed E-state index contributed by atoms with van der Waals surface area (Å²) < 4.78 is 138. The zero-order valence-corrected chi connectivity index (χ0v) is 34.6. The number of nitrogens with one attached hydrogen (secondary N) is 2. The van der Waals surface area contributed by atoms with Crippen molar-refractivity contribution in [1.29, 1.82) is 0 Å². The molecule has 1 fully saturated rings. The lowest BCUT2D eigenvalue weighted by molar-refractivity contribution is -0.142. The molecular formula is C41H37ClF7N7O5S. The molecule has 62 heavy (non-hydrogen) atoms. The number of amides is 1. The molecule has 21 heteroatoms. The Morgan fingerprint density at radius 3 is 2.44 bits per heavy atom. The number of ether oxygens (including phenoxy) is 1. The average Bonchev–Trinajstić information content (AvgIpc) is 3.71. The third-order valence-corrected chi connectivity index (χ3v) is 12.2. The second-order valence-electron chi connectivity index (χ2n) is 15.9. The Morgan fingerprint density at radius 1 is 1.11 bits per heavy atom. The van der Waals surface area contributed by atoms with E-state index < -0.39 is 99.0 Å². The van der Waals surface area contributed by atoms with E-state index in [1.165, 1.54) is 23.9 Å². The number of aromatic nitrogens is 4. The Kier molecular flexibility index (Phi) is 10.9. The standard InChI is InChI=1S/C41H37ClF7N7O5S/c1-20-14-24(8-9-39(58)10-12-61-13-11-39)50-34(31(20)26-5-7-28(42)33-35(26)55(2)53-38(33)54-62(3,59)60)29(17-21-15-22(43)18-23(44)16-21)51-30(57)19-56-37-32(36(52-56)41(47,48)49)25-4-6-27(25)40(37,45)46/h4-7,15-16,18,20,25,27,29,58H,10-14,17,19H2,1-3H3,(H,51,57)(H,53,54)/t20?,25-,27+,29-/m0/s1. The molecule has 1 unspecified atom stereocenters. The maximum atomic E-state index is 15.7. The number of nitrogens with zero attached hydrogens (tertiary/aromatic N) is 5. The van der Waals surface area contributed by atoms with Crippen molar-refractivity contribution in [3.63, 3.8) is 0 Å². The van der Waals surface area contributed by atoms with Gasteiger partial charge in [-0.25, -0.2) is 22.2 Å². The van der Waals surface area contributed by atoms with Crippen LogP contribution in [0.5, 0.6) is 0 Å².